The highest BCUT2D eigenvalue weighted by molar-refractivity contribution is 7.92. The second kappa shape index (κ2) is 7.81. The lowest BCUT2D eigenvalue weighted by Gasteiger charge is -2.09. The Kier molecular flexibility index (Phi) is 5.21. The van der Waals surface area contributed by atoms with E-state index in [4.69, 9.17) is 11.6 Å². The van der Waals surface area contributed by atoms with Crippen molar-refractivity contribution >= 4 is 39.2 Å². The van der Waals surface area contributed by atoms with Crippen LogP contribution < -0.4 is 10.0 Å². The van der Waals surface area contributed by atoms with E-state index in [0.717, 1.165) is 12.0 Å². The van der Waals surface area contributed by atoms with E-state index < -0.39 is 10.0 Å². The number of nitrogens with zero attached hydrogens (tertiary/aromatic N) is 2. The van der Waals surface area contributed by atoms with Crippen LogP contribution in [0.2, 0.25) is 5.02 Å². The summed E-state index contributed by atoms with van der Waals surface area (Å²) in [6.07, 6.45) is 3.62. The molecule has 1 saturated carbocycles. The quantitative estimate of drug-likeness (QED) is 0.623. The van der Waals surface area contributed by atoms with Crippen LogP contribution in [0.15, 0.2) is 71.9 Å². The lowest BCUT2D eigenvalue weighted by atomic mass is 10.1. The molecule has 29 heavy (non-hydrogen) atoms. The molecule has 1 amide bonds. The molecule has 7 nitrogen and oxygen atoms in total. The molecule has 9 heteroatoms. The Morgan fingerprint density at radius 3 is 2.38 bits per heavy atom. The first kappa shape index (κ1) is 19.4. The van der Waals surface area contributed by atoms with Gasteiger partial charge in [0.05, 0.1) is 4.90 Å². The maximum Gasteiger partial charge on any atom is 0.264 e. The van der Waals surface area contributed by atoms with Gasteiger partial charge in [0.2, 0.25) is 11.9 Å². The van der Waals surface area contributed by atoms with Crippen molar-refractivity contribution in [2.24, 2.45) is 5.92 Å². The molecule has 1 aromatic heterocycles. The topological polar surface area (TPSA) is 101 Å². The number of carbonyl (C=O) groups excluding carboxylic acids is 1. The Morgan fingerprint density at radius 2 is 1.69 bits per heavy atom. The number of halogens is 1. The molecule has 0 bridgehead atoms. The Hall–Kier alpha value is -2.97. The fourth-order valence-corrected chi connectivity index (χ4v) is 4.32. The fraction of sp³-hybridized carbons (Fsp3) is 0.150. The Balaban J connectivity index is 1.40. The predicted molar refractivity (Wildman–Crippen MR) is 110 cm³/mol. The number of anilines is 2. The van der Waals surface area contributed by atoms with Crippen LogP contribution in [0.1, 0.15) is 17.9 Å². The first-order chi connectivity index (χ1) is 13.9. The maximum absolute atomic E-state index is 12.5. The Labute approximate surface area is 173 Å². The number of sulfonamides is 1. The molecule has 148 valence electrons. The monoisotopic (exact) mass is 428 g/mol. The zero-order valence-corrected chi connectivity index (χ0v) is 16.7. The average molecular weight is 429 g/mol. The molecule has 0 spiro atoms. The van der Waals surface area contributed by atoms with E-state index in [-0.39, 0.29) is 28.6 Å². The molecule has 3 aromatic rings. The van der Waals surface area contributed by atoms with Crippen molar-refractivity contribution in [1.82, 2.24) is 9.97 Å². The molecule has 1 aliphatic carbocycles. The van der Waals surface area contributed by atoms with Gasteiger partial charge in [-0.15, -0.1) is 0 Å². The summed E-state index contributed by atoms with van der Waals surface area (Å²) in [6, 6.07) is 15.0. The highest BCUT2D eigenvalue weighted by Gasteiger charge is 2.44. The summed E-state index contributed by atoms with van der Waals surface area (Å²) in [6.45, 7) is 0. The maximum atomic E-state index is 12.5. The standard InChI is InChI=1S/C20H17ClN4O3S/c21-18-5-2-1-4-15(18)16-12-17(16)19(26)24-13-6-8-14(9-7-13)29(27,28)25-20-22-10-3-11-23-20/h1-11,16-17H,12H2,(H,24,26)(H,22,23,25). The summed E-state index contributed by atoms with van der Waals surface area (Å²) in [4.78, 5) is 20.2. The van der Waals surface area contributed by atoms with Crippen molar-refractivity contribution in [2.45, 2.75) is 17.2 Å². The third-order valence-electron chi connectivity index (χ3n) is 4.66. The molecule has 2 atom stereocenters. The van der Waals surface area contributed by atoms with Crippen molar-refractivity contribution in [3.05, 3.63) is 77.6 Å². The first-order valence-electron chi connectivity index (χ1n) is 8.89. The van der Waals surface area contributed by atoms with Crippen LogP contribution in [0.3, 0.4) is 0 Å². The van der Waals surface area contributed by atoms with E-state index >= 15 is 0 Å². The highest BCUT2D eigenvalue weighted by atomic mass is 35.5. The van der Waals surface area contributed by atoms with Crippen LogP contribution in [0.25, 0.3) is 0 Å². The number of amides is 1. The molecule has 2 unspecified atom stereocenters. The SMILES string of the molecule is O=C(Nc1ccc(S(=O)(=O)Nc2ncccn2)cc1)C1CC1c1ccccc1Cl. The molecule has 0 radical (unpaired) electrons. The van der Waals surface area contributed by atoms with Crippen molar-refractivity contribution < 1.29 is 13.2 Å². The van der Waals surface area contributed by atoms with Gasteiger partial charge in [-0.1, -0.05) is 29.8 Å². The van der Waals surface area contributed by atoms with Gasteiger partial charge in [0.15, 0.2) is 0 Å². The summed E-state index contributed by atoms with van der Waals surface area (Å²) < 4.78 is 27.1. The normalized spacial score (nSPS) is 18.1. The molecule has 2 aromatic carbocycles. The van der Waals surface area contributed by atoms with Gasteiger partial charge in [-0.05, 0) is 54.3 Å². The Bertz CT molecular complexity index is 1140. The van der Waals surface area contributed by atoms with Crippen LogP contribution in [0.5, 0.6) is 0 Å². The van der Waals surface area contributed by atoms with E-state index in [1.165, 1.54) is 24.5 Å². The summed E-state index contributed by atoms with van der Waals surface area (Å²) >= 11 is 6.20. The van der Waals surface area contributed by atoms with E-state index in [0.29, 0.717) is 10.7 Å². The van der Waals surface area contributed by atoms with Crippen molar-refractivity contribution in [3.63, 3.8) is 0 Å². The molecular formula is C20H17ClN4O3S. The van der Waals surface area contributed by atoms with Crippen LogP contribution in [-0.4, -0.2) is 24.3 Å². The molecule has 1 heterocycles. The van der Waals surface area contributed by atoms with Gasteiger partial charge in [-0.25, -0.2) is 23.1 Å². The van der Waals surface area contributed by atoms with E-state index in [2.05, 4.69) is 20.0 Å². The highest BCUT2D eigenvalue weighted by Crippen LogP contribution is 2.50. The fourth-order valence-electron chi connectivity index (χ4n) is 3.09. The van der Waals surface area contributed by atoms with E-state index in [9.17, 15) is 13.2 Å². The zero-order valence-electron chi connectivity index (χ0n) is 15.1. The number of rotatable bonds is 6. The number of benzene rings is 2. The molecule has 2 N–H and O–H groups in total. The van der Waals surface area contributed by atoms with Gasteiger partial charge in [-0.2, -0.15) is 0 Å². The molecular weight excluding hydrogens is 412 g/mol. The Morgan fingerprint density at radius 1 is 1.00 bits per heavy atom. The van der Waals surface area contributed by atoms with Crippen LogP contribution >= 0.6 is 11.6 Å². The minimum Gasteiger partial charge on any atom is -0.326 e. The number of hydrogen-bond donors (Lipinski definition) is 2. The second-order valence-electron chi connectivity index (χ2n) is 6.66. The average Bonchev–Trinajstić information content (AvgIpc) is 3.50. The second-order valence-corrected chi connectivity index (χ2v) is 8.75. The van der Waals surface area contributed by atoms with Crippen molar-refractivity contribution in [2.75, 3.05) is 10.0 Å². The molecule has 0 saturated heterocycles. The van der Waals surface area contributed by atoms with Crippen LogP contribution in [0.4, 0.5) is 11.6 Å². The number of hydrogen-bond acceptors (Lipinski definition) is 5. The van der Waals surface area contributed by atoms with Crippen molar-refractivity contribution in [1.29, 1.82) is 0 Å². The number of carbonyl (C=O) groups is 1. The van der Waals surface area contributed by atoms with Gasteiger partial charge in [0.1, 0.15) is 0 Å². The number of aromatic nitrogens is 2. The molecule has 1 aliphatic rings. The summed E-state index contributed by atoms with van der Waals surface area (Å²) in [5.41, 5.74) is 1.50. The lowest BCUT2D eigenvalue weighted by molar-refractivity contribution is -0.117. The molecule has 1 fully saturated rings. The summed E-state index contributed by atoms with van der Waals surface area (Å²) in [5, 5.41) is 3.49. The van der Waals surface area contributed by atoms with Gasteiger partial charge < -0.3 is 5.32 Å². The zero-order chi connectivity index (χ0) is 20.4. The minimum atomic E-state index is -3.81. The van der Waals surface area contributed by atoms with Crippen molar-refractivity contribution in [3.8, 4) is 0 Å². The van der Waals surface area contributed by atoms with Crippen LogP contribution in [0, 0.1) is 5.92 Å². The molecule has 0 aliphatic heterocycles. The lowest BCUT2D eigenvalue weighted by Crippen LogP contribution is -2.16. The molecule has 4 rings (SSSR count). The number of nitrogens with one attached hydrogen (secondary N) is 2. The summed E-state index contributed by atoms with van der Waals surface area (Å²) in [5.74, 6) is -0.154. The van der Waals surface area contributed by atoms with Gasteiger partial charge in [0, 0.05) is 29.0 Å². The largest absolute Gasteiger partial charge is 0.326 e. The van der Waals surface area contributed by atoms with E-state index in [1.54, 1.807) is 18.2 Å². The van der Waals surface area contributed by atoms with Gasteiger partial charge >= 0.3 is 0 Å². The minimum absolute atomic E-state index is 0.00997. The third kappa shape index (κ3) is 4.38. The predicted octanol–water partition coefficient (Wildman–Crippen LogP) is 3.67. The van der Waals surface area contributed by atoms with Gasteiger partial charge in [-0.3, -0.25) is 4.79 Å². The summed E-state index contributed by atoms with van der Waals surface area (Å²) in [7, 11) is -3.81. The van der Waals surface area contributed by atoms with Gasteiger partial charge in [0.25, 0.3) is 10.0 Å². The smallest absolute Gasteiger partial charge is 0.264 e. The van der Waals surface area contributed by atoms with Crippen LogP contribution in [-0.2, 0) is 14.8 Å². The van der Waals surface area contributed by atoms with E-state index in [1.807, 2.05) is 24.3 Å². The first-order valence-corrected chi connectivity index (χ1v) is 10.8. The third-order valence-corrected chi connectivity index (χ3v) is 6.34.